The normalized spacial score (nSPS) is 18.8. The second-order valence-corrected chi connectivity index (χ2v) is 8.12. The molecule has 0 fully saturated rings. The topological polar surface area (TPSA) is 149 Å². The highest BCUT2D eigenvalue weighted by Gasteiger charge is 2.34. The van der Waals surface area contributed by atoms with E-state index in [9.17, 15) is 39.6 Å². The summed E-state index contributed by atoms with van der Waals surface area (Å²) in [7, 11) is 0. The molecule has 0 aromatic carbocycles. The van der Waals surface area contributed by atoms with E-state index in [0.717, 1.165) is 0 Å². The Kier molecular flexibility index (Phi) is 12.3. The molecule has 4 N–H and O–H groups in total. The Bertz CT molecular complexity index is 565. The van der Waals surface area contributed by atoms with Crippen LogP contribution in [0.5, 0.6) is 0 Å². The number of hydrogen-bond acceptors (Lipinski definition) is 8. The van der Waals surface area contributed by atoms with Crippen LogP contribution in [-0.2, 0) is 19.2 Å². The third-order valence-electron chi connectivity index (χ3n) is 5.39. The van der Waals surface area contributed by atoms with E-state index in [1.54, 1.807) is 6.92 Å². The predicted octanol–water partition coefficient (Wildman–Crippen LogP) is 0.605. The summed E-state index contributed by atoms with van der Waals surface area (Å²) >= 11 is 0. The molecule has 8 heteroatoms. The zero-order chi connectivity index (χ0) is 22.9. The van der Waals surface area contributed by atoms with Gasteiger partial charge in [-0.1, -0.05) is 6.92 Å². The summed E-state index contributed by atoms with van der Waals surface area (Å²) in [6, 6.07) is 0. The van der Waals surface area contributed by atoms with E-state index < -0.39 is 65.3 Å². The molecule has 0 aromatic heterocycles. The van der Waals surface area contributed by atoms with Gasteiger partial charge in [0, 0.05) is 25.7 Å². The highest BCUT2D eigenvalue weighted by molar-refractivity contribution is 5.85. The van der Waals surface area contributed by atoms with Crippen molar-refractivity contribution in [1.82, 2.24) is 0 Å². The van der Waals surface area contributed by atoms with Gasteiger partial charge in [-0.25, -0.2) is 0 Å². The lowest BCUT2D eigenvalue weighted by Crippen LogP contribution is -2.34. The van der Waals surface area contributed by atoms with Crippen LogP contribution in [0.4, 0.5) is 0 Å². The number of carbonyl (C=O) groups is 4. The predicted molar refractivity (Wildman–Crippen MR) is 106 cm³/mol. The van der Waals surface area contributed by atoms with Crippen molar-refractivity contribution in [2.75, 3.05) is 0 Å². The molecule has 168 valence electrons. The van der Waals surface area contributed by atoms with Gasteiger partial charge in [0.1, 0.15) is 24.4 Å². The third kappa shape index (κ3) is 10.2. The smallest absolute Gasteiger partial charge is 0.161 e. The van der Waals surface area contributed by atoms with Gasteiger partial charge in [-0.3, -0.25) is 19.2 Å². The van der Waals surface area contributed by atoms with Gasteiger partial charge in [-0.2, -0.15) is 0 Å². The van der Waals surface area contributed by atoms with E-state index in [1.165, 1.54) is 27.7 Å². The Morgan fingerprint density at radius 1 is 0.586 bits per heavy atom. The van der Waals surface area contributed by atoms with Crippen molar-refractivity contribution in [2.24, 2.45) is 17.8 Å². The van der Waals surface area contributed by atoms with Crippen LogP contribution >= 0.6 is 0 Å². The first-order valence-electron chi connectivity index (χ1n) is 10.1. The Labute approximate surface area is 172 Å². The van der Waals surface area contributed by atoms with Crippen molar-refractivity contribution >= 4 is 23.1 Å². The van der Waals surface area contributed by atoms with Crippen molar-refractivity contribution in [1.29, 1.82) is 0 Å². The van der Waals surface area contributed by atoms with E-state index in [2.05, 4.69) is 0 Å². The van der Waals surface area contributed by atoms with Gasteiger partial charge in [0.2, 0.25) is 0 Å². The van der Waals surface area contributed by atoms with Crippen LogP contribution in [0.3, 0.4) is 0 Å². The summed E-state index contributed by atoms with van der Waals surface area (Å²) in [6.07, 6.45) is -4.83. The minimum absolute atomic E-state index is 0.0220. The van der Waals surface area contributed by atoms with E-state index in [4.69, 9.17) is 0 Å². The molecule has 0 spiro atoms. The van der Waals surface area contributed by atoms with E-state index in [1.807, 2.05) is 0 Å². The monoisotopic (exact) mass is 416 g/mol. The van der Waals surface area contributed by atoms with Crippen LogP contribution in [0.15, 0.2) is 0 Å². The van der Waals surface area contributed by atoms with Crippen molar-refractivity contribution in [2.45, 2.75) is 91.1 Å². The Morgan fingerprint density at radius 3 is 1.38 bits per heavy atom. The maximum Gasteiger partial charge on any atom is 0.161 e. The molecular weight excluding hydrogens is 380 g/mol. The highest BCUT2D eigenvalue weighted by atomic mass is 16.3. The van der Waals surface area contributed by atoms with Crippen molar-refractivity contribution in [3.05, 3.63) is 0 Å². The number of ketones is 4. The van der Waals surface area contributed by atoms with Crippen molar-refractivity contribution < 1.29 is 39.6 Å². The fourth-order valence-corrected chi connectivity index (χ4v) is 3.31. The van der Waals surface area contributed by atoms with Crippen molar-refractivity contribution in [3.8, 4) is 0 Å². The summed E-state index contributed by atoms with van der Waals surface area (Å²) in [5.41, 5.74) is 0. The zero-order valence-electron chi connectivity index (χ0n) is 18.0. The van der Waals surface area contributed by atoms with Crippen LogP contribution in [0, 0.1) is 17.8 Å². The molecule has 0 heterocycles. The second-order valence-electron chi connectivity index (χ2n) is 8.12. The van der Waals surface area contributed by atoms with E-state index >= 15 is 0 Å². The minimum Gasteiger partial charge on any atom is -0.386 e. The summed E-state index contributed by atoms with van der Waals surface area (Å²) < 4.78 is 0. The first-order valence-corrected chi connectivity index (χ1v) is 10.1. The molecule has 0 saturated heterocycles. The fraction of sp³-hybridized carbons (Fsp3) is 0.810. The molecule has 8 nitrogen and oxygen atoms in total. The van der Waals surface area contributed by atoms with Gasteiger partial charge >= 0.3 is 0 Å². The summed E-state index contributed by atoms with van der Waals surface area (Å²) in [6.45, 7) is 7.07. The van der Waals surface area contributed by atoms with Gasteiger partial charge in [-0.15, -0.1) is 0 Å². The van der Waals surface area contributed by atoms with Gasteiger partial charge < -0.3 is 20.4 Å². The lowest BCUT2D eigenvalue weighted by Gasteiger charge is -2.32. The summed E-state index contributed by atoms with van der Waals surface area (Å²) in [4.78, 5) is 48.3. The number of carbonyl (C=O) groups excluding carboxylic acids is 4. The SMILES string of the molecule is CC(O)C(=O)CCC(CC(=O)C(C)O)C(CC(=O)C(C)O)C(C)CC(=O)C(C)O. The fourth-order valence-electron chi connectivity index (χ4n) is 3.31. The van der Waals surface area contributed by atoms with Crippen LogP contribution in [0.25, 0.3) is 0 Å². The lowest BCUT2D eigenvalue weighted by atomic mass is 9.72. The zero-order valence-corrected chi connectivity index (χ0v) is 18.0. The van der Waals surface area contributed by atoms with E-state index in [0.29, 0.717) is 0 Å². The largest absolute Gasteiger partial charge is 0.386 e. The van der Waals surface area contributed by atoms with Gasteiger partial charge in [0.25, 0.3) is 0 Å². The number of aliphatic hydroxyl groups excluding tert-OH is 4. The van der Waals surface area contributed by atoms with Crippen LogP contribution in [0.1, 0.15) is 66.7 Å². The second kappa shape index (κ2) is 13.0. The Morgan fingerprint density at radius 2 is 0.966 bits per heavy atom. The first kappa shape index (κ1) is 27.5. The standard InChI is InChI=1S/C21H36O8/c1-11(8-19(27)13(3)23)17(10-21(29)15(5)25)16(9-20(28)14(4)24)6-7-18(26)12(2)22/h11-17,22-25H,6-10H2,1-5H3. The molecule has 0 saturated carbocycles. The third-order valence-corrected chi connectivity index (χ3v) is 5.39. The van der Waals surface area contributed by atoms with Gasteiger partial charge in [-0.05, 0) is 51.9 Å². The minimum atomic E-state index is -1.22. The van der Waals surface area contributed by atoms with Crippen LogP contribution in [-0.4, -0.2) is 68.0 Å². The number of Topliss-reactive ketones (excluding diaryl/α,β-unsaturated/α-hetero) is 4. The number of aliphatic hydroxyl groups is 4. The molecule has 0 radical (unpaired) electrons. The molecule has 0 amide bonds. The molecule has 7 atom stereocenters. The summed E-state index contributed by atoms with van der Waals surface area (Å²) in [5, 5.41) is 38.1. The molecule has 0 aromatic rings. The molecule has 0 aliphatic rings. The maximum atomic E-state index is 12.2. The number of hydrogen-bond donors (Lipinski definition) is 4. The molecule has 0 aliphatic heterocycles. The van der Waals surface area contributed by atoms with Gasteiger partial charge in [0.05, 0.1) is 0 Å². The molecule has 7 unspecified atom stereocenters. The molecule has 0 bridgehead atoms. The van der Waals surface area contributed by atoms with Crippen molar-refractivity contribution in [3.63, 3.8) is 0 Å². The Hall–Kier alpha value is -1.48. The molecule has 29 heavy (non-hydrogen) atoms. The average Bonchev–Trinajstić information content (AvgIpc) is 2.61. The highest BCUT2D eigenvalue weighted by Crippen LogP contribution is 2.34. The molecular formula is C21H36O8. The average molecular weight is 417 g/mol. The molecule has 0 rings (SSSR count). The first-order chi connectivity index (χ1) is 13.3. The maximum absolute atomic E-state index is 12.2. The number of rotatable bonds is 15. The quantitative estimate of drug-likeness (QED) is 0.303. The van der Waals surface area contributed by atoms with Crippen LogP contribution < -0.4 is 0 Å². The lowest BCUT2D eigenvalue weighted by molar-refractivity contribution is -0.133. The summed E-state index contributed by atoms with van der Waals surface area (Å²) in [5.74, 6) is -3.18. The van der Waals surface area contributed by atoms with Crippen LogP contribution in [0.2, 0.25) is 0 Å². The van der Waals surface area contributed by atoms with Gasteiger partial charge in [0.15, 0.2) is 23.1 Å². The molecule has 0 aliphatic carbocycles. The Balaban J connectivity index is 5.73. The van der Waals surface area contributed by atoms with E-state index in [-0.39, 0.29) is 32.1 Å².